The van der Waals surface area contributed by atoms with E-state index in [1.165, 1.54) is 0 Å². The van der Waals surface area contributed by atoms with Crippen LogP contribution in [0, 0.1) is 5.41 Å². The van der Waals surface area contributed by atoms with Crippen molar-refractivity contribution >= 4 is 24.0 Å². The van der Waals surface area contributed by atoms with Crippen LogP contribution in [-0.4, -0.2) is 56.1 Å². The molecule has 5 heterocycles. The van der Waals surface area contributed by atoms with Crippen molar-refractivity contribution in [3.8, 4) is 22.3 Å². The number of hydrogen-bond acceptors (Lipinski definition) is 6. The summed E-state index contributed by atoms with van der Waals surface area (Å²) < 4.78 is 3.70. The van der Waals surface area contributed by atoms with Crippen molar-refractivity contribution in [2.24, 2.45) is 17.5 Å². The number of anilines is 1. The molecule has 1 N–H and O–H groups in total. The van der Waals surface area contributed by atoms with E-state index in [-0.39, 0.29) is 17.4 Å². The van der Waals surface area contributed by atoms with Crippen LogP contribution >= 0.6 is 0 Å². The molecule has 4 aromatic heterocycles. The third kappa shape index (κ3) is 4.85. The van der Waals surface area contributed by atoms with Gasteiger partial charge in [0, 0.05) is 78.0 Å². The SMILES string of the molecule is C=NCc1cnn2cc(-c3cnn(C)c3)cc(-c3ccc(N4CCC(C)(C(=O)NC(C)C)CC4)nc3)c12. The Hall–Kier alpha value is -4.01. The first kappa shape index (κ1) is 24.7. The molecule has 192 valence electrons. The quantitative estimate of drug-likeness (QED) is 0.387. The van der Waals surface area contributed by atoms with Crippen molar-refractivity contribution < 1.29 is 4.79 Å². The van der Waals surface area contributed by atoms with Gasteiger partial charge in [-0.05, 0) is 51.6 Å². The Bertz CT molecular complexity index is 1420. The molecule has 0 saturated carbocycles. The van der Waals surface area contributed by atoms with Gasteiger partial charge in [-0.15, -0.1) is 0 Å². The zero-order chi connectivity index (χ0) is 26.2. The summed E-state index contributed by atoms with van der Waals surface area (Å²) in [6.45, 7) is 11.8. The number of pyridine rings is 2. The van der Waals surface area contributed by atoms with Gasteiger partial charge in [0.05, 0.1) is 24.5 Å². The lowest BCUT2D eigenvalue weighted by Crippen LogP contribution is -2.49. The molecule has 1 fully saturated rings. The molecule has 9 heteroatoms. The van der Waals surface area contributed by atoms with Crippen LogP contribution in [0.1, 0.15) is 39.2 Å². The molecule has 1 amide bonds. The molecule has 0 spiro atoms. The monoisotopic (exact) mass is 498 g/mol. The molecule has 0 bridgehead atoms. The fourth-order valence-electron chi connectivity index (χ4n) is 4.99. The standard InChI is InChI=1S/C28H34N8O/c1-19(2)33-27(37)28(3)8-10-35(11-9-28)25-7-6-20(14-30-25)24-12-21(23-16-31-34(5)17-23)18-36-26(24)22(13-29-4)15-32-36/h6-7,12,14-19H,4,8-11,13H2,1-3,5H3,(H,33,37). The molecule has 37 heavy (non-hydrogen) atoms. The number of nitrogens with one attached hydrogen (secondary N) is 1. The predicted molar refractivity (Wildman–Crippen MR) is 147 cm³/mol. The van der Waals surface area contributed by atoms with Crippen molar-refractivity contribution in [2.45, 2.75) is 46.2 Å². The van der Waals surface area contributed by atoms with Gasteiger partial charge in [-0.3, -0.25) is 14.5 Å². The molecule has 1 saturated heterocycles. The zero-order valence-electron chi connectivity index (χ0n) is 22.0. The summed E-state index contributed by atoms with van der Waals surface area (Å²) >= 11 is 0. The van der Waals surface area contributed by atoms with Crippen LogP contribution in [0.3, 0.4) is 0 Å². The van der Waals surface area contributed by atoms with E-state index in [0.29, 0.717) is 6.54 Å². The Morgan fingerprint density at radius 1 is 1.11 bits per heavy atom. The first-order valence-corrected chi connectivity index (χ1v) is 12.7. The Balaban J connectivity index is 1.43. The van der Waals surface area contributed by atoms with E-state index in [4.69, 9.17) is 4.98 Å². The summed E-state index contributed by atoms with van der Waals surface area (Å²) in [4.78, 5) is 23.9. The van der Waals surface area contributed by atoms with Gasteiger partial charge in [0.2, 0.25) is 5.91 Å². The van der Waals surface area contributed by atoms with Crippen molar-refractivity contribution in [2.75, 3.05) is 18.0 Å². The van der Waals surface area contributed by atoms with Gasteiger partial charge in [0.15, 0.2) is 0 Å². The highest BCUT2D eigenvalue weighted by molar-refractivity contribution is 5.86. The molecular weight excluding hydrogens is 464 g/mol. The molecule has 0 atom stereocenters. The van der Waals surface area contributed by atoms with Crippen LogP contribution in [0.5, 0.6) is 0 Å². The number of hydrogen-bond donors (Lipinski definition) is 1. The average Bonchev–Trinajstić information content (AvgIpc) is 3.50. The third-order valence-corrected chi connectivity index (χ3v) is 7.23. The molecule has 0 aromatic carbocycles. The first-order valence-electron chi connectivity index (χ1n) is 12.7. The van der Waals surface area contributed by atoms with E-state index in [0.717, 1.165) is 65.1 Å². The van der Waals surface area contributed by atoms with Gasteiger partial charge < -0.3 is 10.2 Å². The summed E-state index contributed by atoms with van der Waals surface area (Å²) in [6, 6.07) is 6.50. The normalized spacial score (nSPS) is 15.3. The maximum absolute atomic E-state index is 12.7. The molecule has 0 radical (unpaired) electrons. The molecule has 0 aliphatic carbocycles. The minimum atomic E-state index is -0.337. The van der Waals surface area contributed by atoms with Gasteiger partial charge in [-0.25, -0.2) is 9.50 Å². The van der Waals surface area contributed by atoms with Crippen molar-refractivity contribution in [3.05, 3.63) is 54.7 Å². The number of aryl methyl sites for hydroxylation is 1. The van der Waals surface area contributed by atoms with Crippen LogP contribution in [0.2, 0.25) is 0 Å². The predicted octanol–water partition coefficient (Wildman–Crippen LogP) is 4.13. The minimum Gasteiger partial charge on any atom is -0.357 e. The second-order valence-electron chi connectivity index (χ2n) is 10.5. The maximum atomic E-state index is 12.7. The minimum absolute atomic E-state index is 0.147. The molecule has 9 nitrogen and oxygen atoms in total. The lowest BCUT2D eigenvalue weighted by Gasteiger charge is -2.39. The van der Waals surface area contributed by atoms with E-state index in [1.807, 2.05) is 56.4 Å². The number of aromatic nitrogens is 5. The molecular formula is C28H34N8O. The number of piperidine rings is 1. The van der Waals surface area contributed by atoms with Crippen molar-refractivity contribution in [1.29, 1.82) is 0 Å². The number of carbonyl (C=O) groups excluding carboxylic acids is 1. The maximum Gasteiger partial charge on any atom is 0.226 e. The molecule has 4 aromatic rings. The highest BCUT2D eigenvalue weighted by atomic mass is 16.2. The Morgan fingerprint density at radius 2 is 1.89 bits per heavy atom. The lowest BCUT2D eigenvalue weighted by atomic mass is 9.79. The largest absolute Gasteiger partial charge is 0.357 e. The van der Waals surface area contributed by atoms with E-state index in [1.54, 1.807) is 4.68 Å². The Labute approximate surface area is 217 Å². The van der Waals surface area contributed by atoms with Crippen LogP contribution in [0.15, 0.2) is 54.2 Å². The zero-order valence-corrected chi connectivity index (χ0v) is 22.0. The summed E-state index contributed by atoms with van der Waals surface area (Å²) in [5.41, 5.74) is 5.76. The van der Waals surface area contributed by atoms with Gasteiger partial charge in [-0.2, -0.15) is 10.2 Å². The van der Waals surface area contributed by atoms with Crippen molar-refractivity contribution in [3.63, 3.8) is 0 Å². The second-order valence-corrected chi connectivity index (χ2v) is 10.5. The molecule has 0 unspecified atom stereocenters. The van der Waals surface area contributed by atoms with E-state index in [2.05, 4.69) is 57.2 Å². The number of amides is 1. The fraction of sp³-hybridized carbons (Fsp3) is 0.393. The van der Waals surface area contributed by atoms with Crippen LogP contribution in [-0.2, 0) is 18.4 Å². The average molecular weight is 499 g/mol. The topological polar surface area (TPSA) is 92.7 Å². The summed E-state index contributed by atoms with van der Waals surface area (Å²) in [5, 5.41) is 12.0. The van der Waals surface area contributed by atoms with Crippen LogP contribution < -0.4 is 10.2 Å². The highest BCUT2D eigenvalue weighted by Crippen LogP contribution is 2.35. The number of rotatable bonds is 7. The molecule has 1 aliphatic rings. The first-order chi connectivity index (χ1) is 17.8. The van der Waals surface area contributed by atoms with Gasteiger partial charge in [0.1, 0.15) is 5.82 Å². The van der Waals surface area contributed by atoms with E-state index in [9.17, 15) is 4.79 Å². The smallest absolute Gasteiger partial charge is 0.226 e. The highest BCUT2D eigenvalue weighted by Gasteiger charge is 2.37. The second kappa shape index (κ2) is 9.80. The number of fused-ring (bicyclic) bond motifs is 1. The van der Waals surface area contributed by atoms with Gasteiger partial charge in [0.25, 0.3) is 0 Å². The third-order valence-electron chi connectivity index (χ3n) is 7.23. The number of carbonyl (C=O) groups is 1. The van der Waals surface area contributed by atoms with Gasteiger partial charge in [-0.1, -0.05) is 6.92 Å². The Morgan fingerprint density at radius 3 is 2.51 bits per heavy atom. The fourth-order valence-corrected chi connectivity index (χ4v) is 4.99. The lowest BCUT2D eigenvalue weighted by molar-refractivity contribution is -0.131. The molecule has 1 aliphatic heterocycles. The van der Waals surface area contributed by atoms with Crippen LogP contribution in [0.25, 0.3) is 27.8 Å². The van der Waals surface area contributed by atoms with E-state index < -0.39 is 0 Å². The summed E-state index contributed by atoms with van der Waals surface area (Å²) in [6.07, 6.45) is 11.2. The van der Waals surface area contributed by atoms with Crippen LogP contribution in [0.4, 0.5) is 5.82 Å². The number of nitrogens with zero attached hydrogens (tertiary/aromatic N) is 7. The van der Waals surface area contributed by atoms with E-state index >= 15 is 0 Å². The van der Waals surface area contributed by atoms with Crippen molar-refractivity contribution in [1.82, 2.24) is 29.7 Å². The van der Waals surface area contributed by atoms with Gasteiger partial charge >= 0.3 is 0 Å². The summed E-state index contributed by atoms with van der Waals surface area (Å²) in [7, 11) is 1.91. The molecule has 5 rings (SSSR count). The number of aliphatic imine (C=N–C) groups is 1. The Kier molecular flexibility index (Phi) is 6.54. The summed E-state index contributed by atoms with van der Waals surface area (Å²) in [5.74, 6) is 1.07.